The fraction of sp³-hybridized carbons (Fsp3) is 0.0833. The van der Waals surface area contributed by atoms with E-state index in [1.54, 1.807) is 0 Å². The molecule has 0 amide bonds. The van der Waals surface area contributed by atoms with E-state index in [-0.39, 0.29) is 5.69 Å². The van der Waals surface area contributed by atoms with Crippen molar-refractivity contribution in [1.29, 1.82) is 0 Å². The zero-order chi connectivity index (χ0) is 13.8. The molecule has 5 nitrogen and oxygen atoms in total. The molecule has 2 N–H and O–H groups in total. The third-order valence-electron chi connectivity index (χ3n) is 2.30. The first-order valence-corrected chi connectivity index (χ1v) is 6.94. The molecular weight excluding hydrogens is 330 g/mol. The summed E-state index contributed by atoms with van der Waals surface area (Å²) in [5, 5.41) is 13.5. The van der Waals surface area contributed by atoms with Crippen LogP contribution in [0.5, 0.6) is 0 Å². The molecular formula is C12H10BrN3O2S. The van der Waals surface area contributed by atoms with Crippen LogP contribution in [0.15, 0.2) is 39.2 Å². The van der Waals surface area contributed by atoms with Crippen molar-refractivity contribution >= 4 is 44.1 Å². The Labute approximate surface area is 122 Å². The second kappa shape index (κ2) is 5.94. The van der Waals surface area contributed by atoms with Gasteiger partial charge in [0.2, 0.25) is 5.13 Å². The van der Waals surface area contributed by atoms with Crippen LogP contribution in [0.1, 0.15) is 23.0 Å². The Morgan fingerprint density at radius 2 is 2.11 bits per heavy atom. The summed E-state index contributed by atoms with van der Waals surface area (Å²) in [4.78, 5) is 14.8. The third-order valence-corrected chi connectivity index (χ3v) is 3.91. The maximum atomic E-state index is 10.8. The van der Waals surface area contributed by atoms with E-state index in [4.69, 9.17) is 5.11 Å². The summed E-state index contributed by atoms with van der Waals surface area (Å²) in [6.07, 6.45) is 0. The second-order valence-electron chi connectivity index (χ2n) is 3.62. The maximum absolute atomic E-state index is 10.8. The Kier molecular flexibility index (Phi) is 4.28. The highest BCUT2D eigenvalue weighted by Crippen LogP contribution is 2.28. The van der Waals surface area contributed by atoms with Gasteiger partial charge in [0, 0.05) is 0 Å². The normalized spacial score (nSPS) is 11.4. The fourth-order valence-electron chi connectivity index (χ4n) is 1.36. The lowest BCUT2D eigenvalue weighted by Gasteiger charge is -2.00. The van der Waals surface area contributed by atoms with Gasteiger partial charge in [-0.15, -0.1) is 0 Å². The molecule has 0 fully saturated rings. The van der Waals surface area contributed by atoms with E-state index in [1.165, 1.54) is 11.3 Å². The molecule has 0 atom stereocenters. The summed E-state index contributed by atoms with van der Waals surface area (Å²) >= 11 is 4.34. The standard InChI is InChI=1S/C12H10BrN3O2S/c1-7(8-5-3-2-4-6-8)15-16-12-14-9(11(17)18)10(13)19-12/h2-6H,1H3,(H,14,16)(H,17,18)/b15-7-. The molecule has 1 aromatic carbocycles. The SMILES string of the molecule is C/C(=N/Nc1nc(C(=O)O)c(Br)s1)c1ccccc1. The first-order chi connectivity index (χ1) is 9.08. The highest BCUT2D eigenvalue weighted by atomic mass is 79.9. The van der Waals surface area contributed by atoms with Gasteiger partial charge in [0.05, 0.1) is 5.71 Å². The molecule has 1 aromatic heterocycles. The lowest BCUT2D eigenvalue weighted by molar-refractivity contribution is 0.0690. The van der Waals surface area contributed by atoms with Crippen LogP contribution < -0.4 is 5.43 Å². The molecule has 98 valence electrons. The van der Waals surface area contributed by atoms with Crippen LogP contribution in [0.25, 0.3) is 0 Å². The van der Waals surface area contributed by atoms with Crippen LogP contribution in [0.3, 0.4) is 0 Å². The van der Waals surface area contributed by atoms with Gasteiger partial charge >= 0.3 is 5.97 Å². The maximum Gasteiger partial charge on any atom is 0.356 e. The Morgan fingerprint density at radius 3 is 2.68 bits per heavy atom. The number of aromatic carboxylic acids is 1. The molecule has 0 saturated carbocycles. The predicted octanol–water partition coefficient (Wildman–Crippen LogP) is 3.44. The Bertz CT molecular complexity index is 625. The number of carbonyl (C=O) groups is 1. The number of nitrogens with zero attached hydrogens (tertiary/aromatic N) is 2. The highest BCUT2D eigenvalue weighted by Gasteiger charge is 2.14. The predicted molar refractivity (Wildman–Crippen MR) is 79.0 cm³/mol. The molecule has 0 unspecified atom stereocenters. The van der Waals surface area contributed by atoms with Gasteiger partial charge in [-0.2, -0.15) is 5.10 Å². The first kappa shape index (κ1) is 13.7. The van der Waals surface area contributed by atoms with E-state index in [0.717, 1.165) is 11.3 Å². The summed E-state index contributed by atoms with van der Waals surface area (Å²) in [5.41, 5.74) is 4.53. The van der Waals surface area contributed by atoms with Crippen molar-refractivity contribution < 1.29 is 9.90 Å². The number of anilines is 1. The number of halogens is 1. The molecule has 1 heterocycles. The van der Waals surface area contributed by atoms with E-state index >= 15 is 0 Å². The number of aromatic nitrogens is 1. The molecule has 0 aliphatic carbocycles. The van der Waals surface area contributed by atoms with Crippen LogP contribution in [-0.4, -0.2) is 21.8 Å². The molecule has 2 rings (SSSR count). The Morgan fingerprint density at radius 1 is 1.42 bits per heavy atom. The van der Waals surface area contributed by atoms with Gasteiger partial charge in [-0.25, -0.2) is 9.78 Å². The van der Waals surface area contributed by atoms with Gasteiger partial charge in [0.25, 0.3) is 0 Å². The molecule has 0 radical (unpaired) electrons. The van der Waals surface area contributed by atoms with Gasteiger partial charge in [-0.3, -0.25) is 5.43 Å². The number of nitrogens with one attached hydrogen (secondary N) is 1. The third kappa shape index (κ3) is 3.39. The van der Waals surface area contributed by atoms with Gasteiger partial charge < -0.3 is 5.11 Å². The molecule has 0 saturated heterocycles. The molecule has 7 heteroatoms. The van der Waals surface area contributed by atoms with Crippen molar-refractivity contribution in [1.82, 2.24) is 4.98 Å². The van der Waals surface area contributed by atoms with Gasteiger partial charge in [0.15, 0.2) is 5.69 Å². The van der Waals surface area contributed by atoms with Crippen molar-refractivity contribution in [3.63, 3.8) is 0 Å². The van der Waals surface area contributed by atoms with E-state index in [9.17, 15) is 4.79 Å². The number of carboxylic acids is 1. The monoisotopic (exact) mass is 339 g/mol. The van der Waals surface area contributed by atoms with Crippen LogP contribution in [-0.2, 0) is 0 Å². The lowest BCUT2D eigenvalue weighted by Crippen LogP contribution is -2.00. The van der Waals surface area contributed by atoms with Crippen LogP contribution >= 0.6 is 27.3 Å². The first-order valence-electron chi connectivity index (χ1n) is 5.33. The summed E-state index contributed by atoms with van der Waals surface area (Å²) in [7, 11) is 0. The minimum Gasteiger partial charge on any atom is -0.476 e. The minimum atomic E-state index is -1.07. The van der Waals surface area contributed by atoms with E-state index in [2.05, 4.69) is 31.4 Å². The largest absolute Gasteiger partial charge is 0.476 e. The number of rotatable bonds is 4. The lowest BCUT2D eigenvalue weighted by atomic mass is 10.1. The van der Waals surface area contributed by atoms with Crippen molar-refractivity contribution in [2.75, 3.05) is 5.43 Å². The number of thiazole rings is 1. The van der Waals surface area contributed by atoms with Crippen molar-refractivity contribution in [3.8, 4) is 0 Å². The molecule has 0 spiro atoms. The van der Waals surface area contributed by atoms with Gasteiger partial charge in [-0.1, -0.05) is 41.7 Å². The van der Waals surface area contributed by atoms with E-state index < -0.39 is 5.97 Å². The number of hydrogen-bond donors (Lipinski definition) is 2. The van der Waals surface area contributed by atoms with Crippen LogP contribution in [0.2, 0.25) is 0 Å². The molecule has 0 aliphatic heterocycles. The number of hydrogen-bond acceptors (Lipinski definition) is 5. The summed E-state index contributed by atoms with van der Waals surface area (Å²) in [5.74, 6) is -1.07. The number of carboxylic acid groups (broad SMARTS) is 1. The van der Waals surface area contributed by atoms with Gasteiger partial charge in [-0.05, 0) is 28.4 Å². The average molecular weight is 340 g/mol. The van der Waals surface area contributed by atoms with E-state index in [1.807, 2.05) is 37.3 Å². The zero-order valence-corrected chi connectivity index (χ0v) is 12.3. The van der Waals surface area contributed by atoms with Crippen molar-refractivity contribution in [3.05, 3.63) is 45.4 Å². The molecule has 0 bridgehead atoms. The number of benzene rings is 1. The Balaban J connectivity index is 2.14. The summed E-state index contributed by atoms with van der Waals surface area (Å²) in [6, 6.07) is 9.68. The minimum absolute atomic E-state index is 0.0138. The van der Waals surface area contributed by atoms with Crippen molar-refractivity contribution in [2.24, 2.45) is 5.10 Å². The topological polar surface area (TPSA) is 74.6 Å². The summed E-state index contributed by atoms with van der Waals surface area (Å²) in [6.45, 7) is 1.86. The molecule has 2 aromatic rings. The molecule has 0 aliphatic rings. The summed E-state index contributed by atoms with van der Waals surface area (Å²) < 4.78 is 0.468. The Hall–Kier alpha value is -1.73. The zero-order valence-electron chi connectivity index (χ0n) is 9.92. The highest BCUT2D eigenvalue weighted by molar-refractivity contribution is 9.11. The average Bonchev–Trinajstić information content (AvgIpc) is 2.78. The van der Waals surface area contributed by atoms with Gasteiger partial charge in [0.1, 0.15) is 3.79 Å². The molecule has 19 heavy (non-hydrogen) atoms. The smallest absolute Gasteiger partial charge is 0.356 e. The quantitative estimate of drug-likeness (QED) is 0.660. The number of hydrazone groups is 1. The van der Waals surface area contributed by atoms with E-state index in [0.29, 0.717) is 8.92 Å². The van der Waals surface area contributed by atoms with Crippen molar-refractivity contribution in [2.45, 2.75) is 6.92 Å². The second-order valence-corrected chi connectivity index (χ2v) is 5.94. The van der Waals surface area contributed by atoms with Crippen LogP contribution in [0, 0.1) is 0 Å². The van der Waals surface area contributed by atoms with Crippen LogP contribution in [0.4, 0.5) is 5.13 Å². The fourth-order valence-corrected chi connectivity index (χ4v) is 2.70.